The summed E-state index contributed by atoms with van der Waals surface area (Å²) in [5.41, 5.74) is 8.23. The molecule has 22 heavy (non-hydrogen) atoms. The van der Waals surface area contributed by atoms with Crippen molar-refractivity contribution in [3.63, 3.8) is 0 Å². The first-order chi connectivity index (χ1) is 10.5. The van der Waals surface area contributed by atoms with Crippen LogP contribution in [0.1, 0.15) is 18.3 Å². The highest BCUT2D eigenvalue weighted by Gasteiger charge is 2.29. The first-order valence-electron chi connectivity index (χ1n) is 6.90. The van der Waals surface area contributed by atoms with Crippen molar-refractivity contribution in [1.82, 2.24) is 14.7 Å². The second kappa shape index (κ2) is 5.55. The molecule has 1 unspecified atom stereocenters. The Labute approximate surface area is 133 Å². The molecule has 0 spiro atoms. The number of aromatic nitrogens is 2. The lowest BCUT2D eigenvalue weighted by molar-refractivity contribution is -0.124. The molecule has 1 aliphatic rings. The number of amidine groups is 1. The minimum absolute atomic E-state index is 0.0943. The molecule has 1 aromatic carbocycles. The van der Waals surface area contributed by atoms with E-state index in [1.165, 1.54) is 6.92 Å². The van der Waals surface area contributed by atoms with Gasteiger partial charge in [0.05, 0.1) is 17.9 Å². The monoisotopic (exact) mass is 317 g/mol. The van der Waals surface area contributed by atoms with Crippen molar-refractivity contribution in [3.05, 3.63) is 46.7 Å². The van der Waals surface area contributed by atoms with Gasteiger partial charge in [-0.2, -0.15) is 5.10 Å². The van der Waals surface area contributed by atoms with Crippen LogP contribution in [0.3, 0.4) is 0 Å². The van der Waals surface area contributed by atoms with Gasteiger partial charge in [0.2, 0.25) is 5.91 Å². The number of benzene rings is 1. The van der Waals surface area contributed by atoms with Gasteiger partial charge in [0.1, 0.15) is 11.9 Å². The van der Waals surface area contributed by atoms with Crippen LogP contribution in [0.4, 0.5) is 0 Å². The molecule has 114 valence electrons. The molecular formula is C15H16ClN5O. The van der Waals surface area contributed by atoms with E-state index in [0.717, 1.165) is 17.1 Å². The van der Waals surface area contributed by atoms with Crippen LogP contribution in [-0.4, -0.2) is 39.1 Å². The third kappa shape index (κ3) is 2.63. The van der Waals surface area contributed by atoms with E-state index in [-0.39, 0.29) is 5.91 Å². The zero-order valence-electron chi connectivity index (χ0n) is 12.3. The highest BCUT2D eigenvalue weighted by molar-refractivity contribution is 6.30. The van der Waals surface area contributed by atoms with Crippen LogP contribution >= 0.6 is 11.6 Å². The zero-order valence-corrected chi connectivity index (χ0v) is 13.1. The van der Waals surface area contributed by atoms with E-state index < -0.39 is 6.17 Å². The number of hydrogen-bond acceptors (Lipinski definition) is 4. The fraction of sp³-hybridized carbons (Fsp3) is 0.267. The quantitative estimate of drug-likeness (QED) is 0.916. The topological polar surface area (TPSA) is 76.5 Å². The van der Waals surface area contributed by atoms with E-state index in [1.54, 1.807) is 15.6 Å². The summed E-state index contributed by atoms with van der Waals surface area (Å²) >= 11 is 6.06. The van der Waals surface area contributed by atoms with E-state index in [0.29, 0.717) is 17.4 Å². The summed E-state index contributed by atoms with van der Waals surface area (Å²) in [4.78, 5) is 17.8. The Morgan fingerprint density at radius 1 is 1.41 bits per heavy atom. The molecule has 0 radical (unpaired) electrons. The Bertz CT molecular complexity index is 767. The number of aryl methyl sites for hydroxylation is 1. The van der Waals surface area contributed by atoms with Crippen molar-refractivity contribution in [2.24, 2.45) is 10.7 Å². The molecule has 0 saturated heterocycles. The van der Waals surface area contributed by atoms with Gasteiger partial charge in [0.25, 0.3) is 0 Å². The van der Waals surface area contributed by atoms with Gasteiger partial charge < -0.3 is 5.73 Å². The zero-order chi connectivity index (χ0) is 15.9. The lowest BCUT2D eigenvalue weighted by Gasteiger charge is -2.17. The third-order valence-corrected chi connectivity index (χ3v) is 3.64. The number of nitrogens with zero attached hydrogens (tertiary/aromatic N) is 4. The maximum Gasteiger partial charge on any atom is 0.225 e. The van der Waals surface area contributed by atoms with E-state index in [4.69, 9.17) is 17.3 Å². The summed E-state index contributed by atoms with van der Waals surface area (Å²) in [6.45, 7) is 3.77. The Morgan fingerprint density at radius 3 is 2.86 bits per heavy atom. The van der Waals surface area contributed by atoms with Gasteiger partial charge in [0, 0.05) is 11.9 Å². The lowest BCUT2D eigenvalue weighted by Crippen LogP contribution is -2.36. The Morgan fingerprint density at radius 2 is 2.18 bits per heavy atom. The predicted molar refractivity (Wildman–Crippen MR) is 85.2 cm³/mol. The molecule has 1 amide bonds. The molecule has 7 heteroatoms. The average Bonchev–Trinajstić information content (AvgIpc) is 3.02. The maximum absolute atomic E-state index is 11.8. The van der Waals surface area contributed by atoms with Gasteiger partial charge in [-0.15, -0.1) is 0 Å². The predicted octanol–water partition coefficient (Wildman–Crippen LogP) is 1.73. The normalized spacial score (nSPS) is 17.7. The molecule has 0 fully saturated rings. The van der Waals surface area contributed by atoms with Gasteiger partial charge in [-0.25, -0.2) is 9.67 Å². The van der Waals surface area contributed by atoms with Crippen LogP contribution in [0.15, 0.2) is 35.3 Å². The highest BCUT2D eigenvalue weighted by atomic mass is 35.5. The first-order valence-corrected chi connectivity index (χ1v) is 7.28. The molecular weight excluding hydrogens is 302 g/mol. The number of nitrogens with two attached hydrogens (primary N) is 1. The minimum atomic E-state index is -0.415. The molecule has 0 aliphatic carbocycles. The minimum Gasteiger partial charge on any atom is -0.308 e. The van der Waals surface area contributed by atoms with Crippen molar-refractivity contribution >= 4 is 23.3 Å². The molecule has 1 aliphatic heterocycles. The molecule has 1 atom stereocenters. The summed E-state index contributed by atoms with van der Waals surface area (Å²) in [7, 11) is 0. The molecule has 2 N–H and O–H groups in total. The Kier molecular flexibility index (Phi) is 3.72. The summed E-state index contributed by atoms with van der Waals surface area (Å²) < 4.78 is 1.73. The number of rotatable bonds is 2. The second-order valence-electron chi connectivity index (χ2n) is 5.21. The lowest BCUT2D eigenvalue weighted by atomic mass is 10.3. The van der Waals surface area contributed by atoms with E-state index in [1.807, 2.05) is 31.2 Å². The Hall–Kier alpha value is -2.18. The first kappa shape index (κ1) is 14.7. The second-order valence-corrected chi connectivity index (χ2v) is 5.65. The summed E-state index contributed by atoms with van der Waals surface area (Å²) in [5.74, 6) is 0.448. The van der Waals surface area contributed by atoms with Crippen LogP contribution in [-0.2, 0) is 4.79 Å². The molecule has 0 saturated carbocycles. The van der Waals surface area contributed by atoms with Gasteiger partial charge in [-0.1, -0.05) is 17.7 Å². The number of aliphatic imine (C=N–C) groups is 1. The number of carbonyl (C=O) groups excluding carboxylic acids is 1. The molecule has 6 nitrogen and oxygen atoms in total. The summed E-state index contributed by atoms with van der Waals surface area (Å²) in [6, 6.07) is 9.24. The summed E-state index contributed by atoms with van der Waals surface area (Å²) in [5, 5.41) is 5.10. The third-order valence-electron chi connectivity index (χ3n) is 3.41. The van der Waals surface area contributed by atoms with Crippen LogP contribution in [0.25, 0.3) is 5.69 Å². The number of amides is 1. The van der Waals surface area contributed by atoms with E-state index >= 15 is 0 Å². The average molecular weight is 318 g/mol. The van der Waals surface area contributed by atoms with Crippen LogP contribution in [0, 0.1) is 6.92 Å². The number of hydrogen-bond donors (Lipinski definition) is 1. The van der Waals surface area contributed by atoms with Crippen LogP contribution in [0.5, 0.6) is 0 Å². The van der Waals surface area contributed by atoms with Crippen molar-refractivity contribution in [2.45, 2.75) is 20.0 Å². The summed E-state index contributed by atoms with van der Waals surface area (Å²) in [6.07, 6.45) is -0.415. The fourth-order valence-electron chi connectivity index (χ4n) is 2.49. The number of halogens is 1. The molecule has 3 rings (SSSR count). The van der Waals surface area contributed by atoms with Crippen molar-refractivity contribution < 1.29 is 4.79 Å². The van der Waals surface area contributed by atoms with Crippen molar-refractivity contribution in [3.8, 4) is 5.69 Å². The Balaban J connectivity index is 2.12. The highest BCUT2D eigenvalue weighted by Crippen LogP contribution is 2.21. The number of carbonyl (C=O) groups is 1. The van der Waals surface area contributed by atoms with Gasteiger partial charge in [-0.3, -0.25) is 9.69 Å². The molecule has 0 bridgehead atoms. The van der Waals surface area contributed by atoms with Gasteiger partial charge in [-0.05, 0) is 31.2 Å². The molecule has 1 aromatic heterocycles. The van der Waals surface area contributed by atoms with Crippen molar-refractivity contribution in [2.75, 3.05) is 6.54 Å². The molecule has 2 aromatic rings. The van der Waals surface area contributed by atoms with Crippen molar-refractivity contribution in [1.29, 1.82) is 0 Å². The standard InChI is InChI=1S/C15H16ClN5O/c1-9-6-13(15-18-14(17)8-20(15)10(2)22)21(19-9)12-5-3-4-11(16)7-12/h3-7,14H,8,17H2,1-2H3. The maximum atomic E-state index is 11.8. The largest absolute Gasteiger partial charge is 0.308 e. The van der Waals surface area contributed by atoms with E-state index in [9.17, 15) is 4.79 Å². The van der Waals surface area contributed by atoms with Gasteiger partial charge in [0.15, 0.2) is 5.84 Å². The van der Waals surface area contributed by atoms with Crippen LogP contribution < -0.4 is 5.73 Å². The van der Waals surface area contributed by atoms with Crippen LogP contribution in [0.2, 0.25) is 5.02 Å². The smallest absolute Gasteiger partial charge is 0.225 e. The SMILES string of the molecule is CC(=O)N1CC(N)N=C1c1cc(C)nn1-c1cccc(Cl)c1. The fourth-order valence-corrected chi connectivity index (χ4v) is 2.67. The molecule has 2 heterocycles. The van der Waals surface area contributed by atoms with E-state index in [2.05, 4.69) is 10.1 Å². The van der Waals surface area contributed by atoms with Gasteiger partial charge >= 0.3 is 0 Å².